The van der Waals surface area contributed by atoms with Crippen LogP contribution in [0.2, 0.25) is 0 Å². The van der Waals surface area contributed by atoms with E-state index in [1.54, 1.807) is 0 Å². The van der Waals surface area contributed by atoms with E-state index in [4.69, 9.17) is 43.5 Å². The summed E-state index contributed by atoms with van der Waals surface area (Å²) in [5.41, 5.74) is 7.79. The van der Waals surface area contributed by atoms with E-state index in [0.29, 0.717) is 19.8 Å². The van der Waals surface area contributed by atoms with Crippen molar-refractivity contribution in [3.63, 3.8) is 0 Å². The minimum Gasteiger partial charge on any atom is -0.399 e. The highest BCUT2D eigenvalue weighted by Crippen LogP contribution is 2.22. The topological polar surface area (TPSA) is 80.0 Å². The first-order chi connectivity index (χ1) is 21.1. The van der Waals surface area contributed by atoms with Gasteiger partial charge >= 0.3 is 0 Å². The van der Waals surface area contributed by atoms with Gasteiger partial charge in [-0.15, -0.1) is 35.6 Å². The van der Waals surface area contributed by atoms with Crippen LogP contribution >= 0.6 is 35.6 Å². The molecule has 0 bridgehead atoms. The van der Waals surface area contributed by atoms with E-state index in [-0.39, 0.29) is 19.0 Å². The standard InChI is InChI=1S/C14H16N2.C10H9N.C6H14O3.C5H10Cl2.ClH/c1-2-4-13-11-14(6-5-12(13)3-1)16-9-7-15-8-10-16;11-10-6-5-8-3-1-2-4-9(8)7-10;1-2-8-5-6-9-4-3-7;6-4-2-1-3-5-7;/h1-6,11,15H,7-10H2;1-7H,11H2;7H,2-6H2,1H3;1-5H2;1H. The van der Waals surface area contributed by atoms with E-state index >= 15 is 0 Å². The van der Waals surface area contributed by atoms with Crippen LogP contribution in [-0.4, -0.2) is 76.1 Å². The molecule has 6 nitrogen and oxygen atoms in total. The number of fused-ring (bicyclic) bond motifs is 2. The Kier molecular flexibility index (Phi) is 23.5. The minimum absolute atomic E-state index is 0. The van der Waals surface area contributed by atoms with Crippen molar-refractivity contribution in [2.45, 2.75) is 26.2 Å². The van der Waals surface area contributed by atoms with Crippen LogP contribution in [0.3, 0.4) is 0 Å². The third-order valence-corrected chi connectivity index (χ3v) is 7.10. The number of hydrogen-bond acceptors (Lipinski definition) is 6. The van der Waals surface area contributed by atoms with Crippen LogP contribution in [-0.2, 0) is 9.47 Å². The Labute approximate surface area is 280 Å². The molecule has 4 aromatic rings. The third kappa shape index (κ3) is 16.7. The average Bonchev–Trinajstić information content (AvgIpc) is 3.06. The molecule has 4 aromatic carbocycles. The molecule has 44 heavy (non-hydrogen) atoms. The first-order valence-corrected chi connectivity index (χ1v) is 16.3. The van der Waals surface area contributed by atoms with Gasteiger partial charge < -0.3 is 30.5 Å². The van der Waals surface area contributed by atoms with Crippen LogP contribution in [0.25, 0.3) is 21.5 Å². The highest BCUT2D eigenvalue weighted by atomic mass is 35.5. The molecule has 5 rings (SSSR count). The molecule has 1 aliphatic rings. The predicted molar refractivity (Wildman–Crippen MR) is 194 cm³/mol. The van der Waals surface area contributed by atoms with E-state index in [1.165, 1.54) is 33.7 Å². The predicted octanol–water partition coefficient (Wildman–Crippen LogP) is 7.76. The first kappa shape index (κ1) is 39.7. The molecule has 0 unspecified atom stereocenters. The minimum atomic E-state index is 0. The molecule has 1 fully saturated rings. The molecular weight excluding hydrogens is 617 g/mol. The number of hydrogen-bond donors (Lipinski definition) is 3. The number of nitrogens with zero attached hydrogens (tertiary/aromatic N) is 1. The summed E-state index contributed by atoms with van der Waals surface area (Å²) in [6.07, 6.45) is 3.38. The lowest BCUT2D eigenvalue weighted by molar-refractivity contribution is 0.0370. The Hall–Kier alpha value is -2.29. The van der Waals surface area contributed by atoms with Gasteiger partial charge in [-0.1, -0.05) is 67.1 Å². The van der Waals surface area contributed by atoms with Gasteiger partial charge in [0.25, 0.3) is 0 Å². The van der Waals surface area contributed by atoms with Gasteiger partial charge in [0.05, 0.1) is 26.4 Å². The van der Waals surface area contributed by atoms with Gasteiger partial charge in [0, 0.05) is 55.9 Å². The van der Waals surface area contributed by atoms with Gasteiger partial charge in [-0.3, -0.25) is 0 Å². The van der Waals surface area contributed by atoms with Crippen molar-refractivity contribution in [3.8, 4) is 0 Å². The number of piperazine rings is 1. The average molecular weight is 667 g/mol. The van der Waals surface area contributed by atoms with Crippen molar-refractivity contribution >= 4 is 68.5 Å². The third-order valence-electron chi connectivity index (χ3n) is 6.57. The van der Waals surface area contributed by atoms with Gasteiger partial charge in [-0.2, -0.15) is 0 Å². The summed E-state index contributed by atoms with van der Waals surface area (Å²) in [5, 5.41) is 16.7. The fraction of sp³-hybridized carbons (Fsp3) is 0.429. The number of halogens is 3. The second-order valence-corrected chi connectivity index (χ2v) is 10.6. The Morgan fingerprint density at radius 3 is 1.84 bits per heavy atom. The Bertz CT molecular complexity index is 1250. The number of benzene rings is 4. The largest absolute Gasteiger partial charge is 0.399 e. The zero-order chi connectivity index (χ0) is 31.0. The maximum atomic E-state index is 8.26. The molecular formula is C35H50Cl3N3O3. The zero-order valence-corrected chi connectivity index (χ0v) is 28.3. The number of aliphatic hydroxyl groups excluding tert-OH is 1. The molecule has 4 N–H and O–H groups in total. The van der Waals surface area contributed by atoms with Gasteiger partial charge in [-0.05, 0) is 65.6 Å². The summed E-state index contributed by atoms with van der Waals surface area (Å²) in [5.74, 6) is 1.55. The highest BCUT2D eigenvalue weighted by Gasteiger charge is 2.10. The molecule has 0 spiro atoms. The molecule has 0 atom stereocenters. The summed E-state index contributed by atoms with van der Waals surface area (Å²) < 4.78 is 9.88. The summed E-state index contributed by atoms with van der Waals surface area (Å²) in [7, 11) is 0. The van der Waals surface area contributed by atoms with Crippen LogP contribution in [0, 0.1) is 0 Å². The van der Waals surface area contributed by atoms with Crippen molar-refractivity contribution in [3.05, 3.63) is 84.9 Å². The van der Waals surface area contributed by atoms with Crippen molar-refractivity contribution in [1.82, 2.24) is 5.32 Å². The number of nitrogen functional groups attached to an aromatic ring is 1. The lowest BCUT2D eigenvalue weighted by Gasteiger charge is -2.29. The van der Waals surface area contributed by atoms with E-state index in [9.17, 15) is 0 Å². The zero-order valence-electron chi connectivity index (χ0n) is 25.9. The number of aliphatic hydroxyl groups is 1. The van der Waals surface area contributed by atoms with Gasteiger partial charge in [0.2, 0.25) is 0 Å². The molecule has 1 saturated heterocycles. The molecule has 0 saturated carbocycles. The molecule has 0 aliphatic carbocycles. The van der Waals surface area contributed by atoms with Crippen LogP contribution < -0.4 is 16.0 Å². The maximum Gasteiger partial charge on any atom is 0.0701 e. The molecule has 1 aliphatic heterocycles. The molecule has 244 valence electrons. The lowest BCUT2D eigenvalue weighted by atomic mass is 10.1. The Morgan fingerprint density at radius 1 is 0.727 bits per heavy atom. The highest BCUT2D eigenvalue weighted by molar-refractivity contribution is 6.18. The van der Waals surface area contributed by atoms with Gasteiger partial charge in [-0.25, -0.2) is 0 Å². The second-order valence-electron chi connectivity index (χ2n) is 9.85. The van der Waals surface area contributed by atoms with Crippen molar-refractivity contribution in [2.24, 2.45) is 0 Å². The molecule has 0 radical (unpaired) electrons. The molecule has 1 heterocycles. The maximum absolute atomic E-state index is 8.26. The number of anilines is 2. The van der Waals surface area contributed by atoms with Crippen molar-refractivity contribution in [1.29, 1.82) is 0 Å². The SMILES string of the molecule is CCOCCOCCO.Cl.ClCCCCCCl.Nc1ccc2ccccc2c1.c1ccc2cc(N3CCNCC3)ccc2c1. The van der Waals surface area contributed by atoms with Crippen molar-refractivity contribution < 1.29 is 14.6 Å². The van der Waals surface area contributed by atoms with Gasteiger partial charge in [0.15, 0.2) is 0 Å². The molecule has 0 amide bonds. The summed E-state index contributed by atoms with van der Waals surface area (Å²) in [4.78, 5) is 2.45. The quantitative estimate of drug-likeness (QED) is 0.0863. The number of rotatable bonds is 11. The molecule has 0 aromatic heterocycles. The van der Waals surface area contributed by atoms with Crippen LogP contribution in [0.5, 0.6) is 0 Å². The lowest BCUT2D eigenvalue weighted by Crippen LogP contribution is -2.43. The van der Waals surface area contributed by atoms with E-state index in [1.807, 2.05) is 37.3 Å². The van der Waals surface area contributed by atoms with Crippen molar-refractivity contribution in [2.75, 3.05) is 81.6 Å². The monoisotopic (exact) mass is 665 g/mol. The second kappa shape index (κ2) is 26.0. The van der Waals surface area contributed by atoms with E-state index < -0.39 is 0 Å². The van der Waals surface area contributed by atoms with Crippen LogP contribution in [0.4, 0.5) is 11.4 Å². The normalized spacial score (nSPS) is 12.1. The number of unbranched alkanes of at least 4 members (excludes halogenated alkanes) is 2. The Balaban J connectivity index is 0.000000307. The van der Waals surface area contributed by atoms with E-state index in [2.05, 4.69) is 64.8 Å². The fourth-order valence-corrected chi connectivity index (χ4v) is 4.68. The summed E-state index contributed by atoms with van der Waals surface area (Å²) >= 11 is 10.8. The summed E-state index contributed by atoms with van der Waals surface area (Å²) in [6.45, 7) is 8.76. The number of alkyl halides is 2. The number of nitrogens with two attached hydrogens (primary N) is 1. The number of nitrogens with one attached hydrogen (secondary N) is 1. The smallest absolute Gasteiger partial charge is 0.0701 e. The fourth-order valence-electron chi connectivity index (χ4n) is 4.30. The number of ether oxygens (including phenoxy) is 2. The Morgan fingerprint density at radius 2 is 1.27 bits per heavy atom. The van der Waals surface area contributed by atoms with E-state index in [0.717, 1.165) is 63.1 Å². The van der Waals surface area contributed by atoms with Crippen LogP contribution in [0.1, 0.15) is 26.2 Å². The van der Waals surface area contributed by atoms with Gasteiger partial charge in [0.1, 0.15) is 0 Å². The first-order valence-electron chi connectivity index (χ1n) is 15.2. The van der Waals surface area contributed by atoms with Crippen LogP contribution in [0.15, 0.2) is 84.9 Å². The molecule has 9 heteroatoms. The summed E-state index contributed by atoms with van der Waals surface area (Å²) in [6, 6.07) is 29.4.